The predicted molar refractivity (Wildman–Crippen MR) is 171 cm³/mol. The van der Waals surface area contributed by atoms with Gasteiger partial charge in [0.05, 0.1) is 0 Å². The number of rotatable bonds is 4. The molecule has 0 aliphatic rings. The normalized spacial score (nSPS) is 11.5. The van der Waals surface area contributed by atoms with Gasteiger partial charge >= 0.3 is 0 Å². The zero-order valence-electron chi connectivity index (χ0n) is 22.0. The van der Waals surface area contributed by atoms with Gasteiger partial charge in [-0.15, -0.1) is 0 Å². The van der Waals surface area contributed by atoms with Crippen LogP contribution in [0.15, 0.2) is 150 Å². The molecule has 41 heavy (non-hydrogen) atoms. The molecule has 192 valence electrons. The average molecular weight is 542 g/mol. The summed E-state index contributed by atoms with van der Waals surface area (Å²) in [5, 5.41) is 9.85. The molecular formula is C37H23N3S. The van der Waals surface area contributed by atoms with Crippen molar-refractivity contribution in [3.8, 4) is 22.5 Å². The summed E-state index contributed by atoms with van der Waals surface area (Å²) in [5.41, 5.74) is 3.47. The fourth-order valence-corrected chi connectivity index (χ4v) is 6.96. The van der Waals surface area contributed by atoms with Gasteiger partial charge < -0.3 is 0 Å². The molecule has 0 saturated heterocycles. The standard InChI is InChI=1S/C37H23N3S/c1-2-9-27-25(8-1)22-33(29-11-4-3-10-28(27)29)35-30-12-5-6-13-31(30)36(32-18-21-38-23-34(32)35)41-26-16-14-24(15-17-26)37-39-19-7-20-40-37/h1-23H. The van der Waals surface area contributed by atoms with Gasteiger partial charge in [0.1, 0.15) is 0 Å². The summed E-state index contributed by atoms with van der Waals surface area (Å²) in [6, 6.07) is 41.0. The average Bonchev–Trinajstić information content (AvgIpc) is 3.05. The van der Waals surface area contributed by atoms with Crippen molar-refractivity contribution in [3.63, 3.8) is 0 Å². The molecule has 0 radical (unpaired) electrons. The highest BCUT2D eigenvalue weighted by atomic mass is 32.2. The van der Waals surface area contributed by atoms with Crippen LogP contribution >= 0.6 is 11.8 Å². The Hall–Kier alpha value is -5.06. The molecule has 3 nitrogen and oxygen atoms in total. The Labute approximate surface area is 241 Å². The number of benzene rings is 6. The van der Waals surface area contributed by atoms with E-state index in [0.29, 0.717) is 0 Å². The van der Waals surface area contributed by atoms with Gasteiger partial charge in [0.2, 0.25) is 0 Å². The molecule has 0 saturated carbocycles. The van der Waals surface area contributed by atoms with Crippen molar-refractivity contribution >= 4 is 54.9 Å². The maximum absolute atomic E-state index is 4.62. The van der Waals surface area contributed by atoms with E-state index in [1.807, 2.05) is 18.5 Å². The molecule has 0 amide bonds. The predicted octanol–water partition coefficient (Wildman–Crippen LogP) is 9.97. The van der Waals surface area contributed by atoms with E-state index in [4.69, 9.17) is 0 Å². The van der Waals surface area contributed by atoms with Crippen molar-refractivity contribution in [1.82, 2.24) is 15.0 Å². The summed E-state index contributed by atoms with van der Waals surface area (Å²) >= 11 is 1.79. The Morgan fingerprint density at radius 2 is 1.15 bits per heavy atom. The minimum Gasteiger partial charge on any atom is -0.264 e. The highest BCUT2D eigenvalue weighted by molar-refractivity contribution is 7.99. The van der Waals surface area contributed by atoms with Crippen molar-refractivity contribution in [1.29, 1.82) is 0 Å². The van der Waals surface area contributed by atoms with Crippen molar-refractivity contribution < 1.29 is 0 Å². The number of fused-ring (bicyclic) bond motifs is 5. The topological polar surface area (TPSA) is 38.7 Å². The van der Waals surface area contributed by atoms with Crippen LogP contribution in [0.3, 0.4) is 0 Å². The van der Waals surface area contributed by atoms with Crippen LogP contribution in [-0.4, -0.2) is 15.0 Å². The number of hydrogen-bond donors (Lipinski definition) is 0. The minimum atomic E-state index is 0.734. The number of pyridine rings is 1. The molecule has 4 heteroatoms. The molecule has 0 unspecified atom stereocenters. The molecule has 0 spiro atoms. The van der Waals surface area contributed by atoms with Crippen molar-refractivity contribution in [2.24, 2.45) is 0 Å². The largest absolute Gasteiger partial charge is 0.264 e. The second kappa shape index (κ2) is 9.84. The molecule has 0 bridgehead atoms. The first kappa shape index (κ1) is 23.8. The van der Waals surface area contributed by atoms with Crippen LogP contribution in [0, 0.1) is 0 Å². The zero-order valence-corrected chi connectivity index (χ0v) is 22.8. The fraction of sp³-hybridized carbons (Fsp3) is 0. The SMILES string of the molecule is c1cnc(-c2ccc(Sc3c4ccccc4c(-c4cc5ccccc5c5ccccc45)c4cnccc34)cc2)nc1. The van der Waals surface area contributed by atoms with Crippen LogP contribution in [0.2, 0.25) is 0 Å². The van der Waals surface area contributed by atoms with Gasteiger partial charge in [-0.1, -0.05) is 96.7 Å². The molecule has 0 atom stereocenters. The lowest BCUT2D eigenvalue weighted by Gasteiger charge is -2.19. The third-order valence-corrected chi connectivity index (χ3v) is 8.86. The van der Waals surface area contributed by atoms with E-state index in [0.717, 1.165) is 21.7 Å². The van der Waals surface area contributed by atoms with Gasteiger partial charge in [-0.25, -0.2) is 9.97 Å². The van der Waals surface area contributed by atoms with Crippen molar-refractivity contribution in [2.75, 3.05) is 0 Å². The van der Waals surface area contributed by atoms with E-state index in [9.17, 15) is 0 Å². The molecule has 0 fully saturated rings. The number of aromatic nitrogens is 3. The highest BCUT2D eigenvalue weighted by Crippen LogP contribution is 2.47. The van der Waals surface area contributed by atoms with E-state index >= 15 is 0 Å². The summed E-state index contributed by atoms with van der Waals surface area (Å²) in [4.78, 5) is 15.8. The van der Waals surface area contributed by atoms with E-state index in [2.05, 4.69) is 124 Å². The Kier molecular flexibility index (Phi) is 5.71. The van der Waals surface area contributed by atoms with Crippen molar-refractivity contribution in [2.45, 2.75) is 9.79 Å². The lowest BCUT2D eigenvalue weighted by molar-refractivity contribution is 1.17. The van der Waals surface area contributed by atoms with E-state index in [-0.39, 0.29) is 0 Å². The van der Waals surface area contributed by atoms with Gasteiger partial charge in [0.25, 0.3) is 0 Å². The van der Waals surface area contributed by atoms with Gasteiger partial charge in [-0.05, 0) is 79.2 Å². The molecule has 6 aromatic carbocycles. The molecule has 0 aliphatic heterocycles. The maximum Gasteiger partial charge on any atom is 0.159 e. The lowest BCUT2D eigenvalue weighted by atomic mass is 9.88. The molecule has 0 aliphatic carbocycles. The number of nitrogens with zero attached hydrogens (tertiary/aromatic N) is 3. The quantitative estimate of drug-likeness (QED) is 0.164. The molecule has 8 aromatic rings. The molecule has 0 N–H and O–H groups in total. The molecule has 2 aromatic heterocycles. The van der Waals surface area contributed by atoms with Crippen LogP contribution < -0.4 is 0 Å². The maximum atomic E-state index is 4.62. The molecule has 2 heterocycles. The first-order chi connectivity index (χ1) is 20.3. The Bertz CT molecular complexity index is 2170. The van der Waals surface area contributed by atoms with Crippen molar-refractivity contribution in [3.05, 3.63) is 140 Å². The van der Waals surface area contributed by atoms with E-state index in [1.54, 1.807) is 24.2 Å². The van der Waals surface area contributed by atoms with Gasteiger partial charge in [0.15, 0.2) is 5.82 Å². The lowest BCUT2D eigenvalue weighted by Crippen LogP contribution is -1.92. The summed E-state index contributed by atoms with van der Waals surface area (Å²) in [6.45, 7) is 0. The fourth-order valence-electron chi connectivity index (χ4n) is 5.88. The van der Waals surface area contributed by atoms with Crippen LogP contribution in [0.1, 0.15) is 0 Å². The highest BCUT2D eigenvalue weighted by Gasteiger charge is 2.19. The summed E-state index contributed by atoms with van der Waals surface area (Å²) < 4.78 is 0. The molecular weight excluding hydrogens is 518 g/mol. The first-order valence-corrected chi connectivity index (χ1v) is 14.4. The minimum absolute atomic E-state index is 0.734. The summed E-state index contributed by atoms with van der Waals surface area (Å²) in [5.74, 6) is 0.734. The third kappa shape index (κ3) is 4.03. The van der Waals surface area contributed by atoms with Gasteiger partial charge in [-0.3, -0.25) is 4.98 Å². The Balaban J connectivity index is 1.37. The van der Waals surface area contributed by atoms with Crippen LogP contribution in [0.25, 0.3) is 65.6 Å². The Morgan fingerprint density at radius 1 is 0.488 bits per heavy atom. The summed E-state index contributed by atoms with van der Waals surface area (Å²) in [7, 11) is 0. The zero-order chi connectivity index (χ0) is 27.2. The third-order valence-electron chi connectivity index (χ3n) is 7.71. The number of hydrogen-bond acceptors (Lipinski definition) is 4. The summed E-state index contributed by atoms with van der Waals surface area (Å²) in [6.07, 6.45) is 7.48. The monoisotopic (exact) mass is 541 g/mol. The smallest absolute Gasteiger partial charge is 0.159 e. The second-order valence-electron chi connectivity index (χ2n) is 10.1. The van der Waals surface area contributed by atoms with Gasteiger partial charge in [-0.2, -0.15) is 0 Å². The first-order valence-electron chi connectivity index (χ1n) is 13.6. The van der Waals surface area contributed by atoms with Crippen LogP contribution in [0.5, 0.6) is 0 Å². The molecule has 8 rings (SSSR count). The van der Waals surface area contributed by atoms with E-state index in [1.165, 1.54) is 53.7 Å². The Morgan fingerprint density at radius 3 is 1.95 bits per heavy atom. The van der Waals surface area contributed by atoms with E-state index < -0.39 is 0 Å². The van der Waals surface area contributed by atoms with Gasteiger partial charge in [0, 0.05) is 45.5 Å². The van der Waals surface area contributed by atoms with Crippen LogP contribution in [0.4, 0.5) is 0 Å². The second-order valence-corrected chi connectivity index (χ2v) is 11.1. The van der Waals surface area contributed by atoms with Crippen LogP contribution in [-0.2, 0) is 0 Å².